The van der Waals surface area contributed by atoms with E-state index in [0.717, 1.165) is 44.5 Å². The Balaban J connectivity index is 0.00000162. The van der Waals surface area contributed by atoms with Crippen molar-refractivity contribution in [3.05, 3.63) is 22.4 Å². The Morgan fingerprint density at radius 2 is 2.22 bits per heavy atom. The SMILES string of the molecule is CCCN(C(=O)c1ccsc1)C1CCNCC1.Cl. The molecule has 1 amide bonds. The summed E-state index contributed by atoms with van der Waals surface area (Å²) in [5.74, 6) is 0.208. The fourth-order valence-corrected chi connectivity index (χ4v) is 2.99. The number of carbonyl (C=O) groups excluding carboxylic acids is 1. The molecule has 0 aliphatic carbocycles. The second-order valence-corrected chi connectivity index (χ2v) is 5.27. The molecule has 5 heteroatoms. The van der Waals surface area contributed by atoms with Crippen LogP contribution in [0.1, 0.15) is 36.5 Å². The number of hydrogen-bond acceptors (Lipinski definition) is 3. The lowest BCUT2D eigenvalue weighted by atomic mass is 10.0. The van der Waals surface area contributed by atoms with Crippen LogP contribution in [0.3, 0.4) is 0 Å². The largest absolute Gasteiger partial charge is 0.336 e. The Bertz CT molecular complexity index is 350. The summed E-state index contributed by atoms with van der Waals surface area (Å²) in [6.07, 6.45) is 3.19. The molecule has 0 aromatic carbocycles. The number of nitrogens with zero attached hydrogens (tertiary/aromatic N) is 1. The summed E-state index contributed by atoms with van der Waals surface area (Å²) in [6, 6.07) is 2.35. The molecule has 1 aromatic rings. The molecule has 2 rings (SSSR count). The summed E-state index contributed by atoms with van der Waals surface area (Å²) in [5.41, 5.74) is 0.849. The van der Waals surface area contributed by atoms with Gasteiger partial charge in [-0.15, -0.1) is 12.4 Å². The first-order valence-electron chi connectivity index (χ1n) is 6.36. The highest BCUT2D eigenvalue weighted by molar-refractivity contribution is 7.08. The smallest absolute Gasteiger partial charge is 0.254 e. The molecule has 1 fully saturated rings. The summed E-state index contributed by atoms with van der Waals surface area (Å²) in [7, 11) is 0. The van der Waals surface area contributed by atoms with Crippen LogP contribution in [-0.2, 0) is 0 Å². The lowest BCUT2D eigenvalue weighted by Gasteiger charge is -2.34. The van der Waals surface area contributed by atoms with Crippen molar-refractivity contribution < 1.29 is 4.79 Å². The Hall–Kier alpha value is -0.580. The highest BCUT2D eigenvalue weighted by Gasteiger charge is 2.25. The lowest BCUT2D eigenvalue weighted by molar-refractivity contribution is 0.0643. The third-order valence-electron chi connectivity index (χ3n) is 3.24. The van der Waals surface area contributed by atoms with Gasteiger partial charge in [-0.25, -0.2) is 0 Å². The van der Waals surface area contributed by atoms with Crippen molar-refractivity contribution >= 4 is 29.7 Å². The van der Waals surface area contributed by atoms with Crippen molar-refractivity contribution in [1.29, 1.82) is 0 Å². The van der Waals surface area contributed by atoms with Gasteiger partial charge in [-0.05, 0) is 43.8 Å². The van der Waals surface area contributed by atoms with Crippen LogP contribution in [0, 0.1) is 0 Å². The van der Waals surface area contributed by atoms with Crippen LogP contribution < -0.4 is 5.32 Å². The van der Waals surface area contributed by atoms with Crippen LogP contribution in [-0.4, -0.2) is 36.5 Å². The van der Waals surface area contributed by atoms with Crippen LogP contribution in [0.15, 0.2) is 16.8 Å². The highest BCUT2D eigenvalue weighted by atomic mass is 35.5. The number of halogens is 1. The van der Waals surface area contributed by atoms with Crippen LogP contribution in [0.4, 0.5) is 0 Å². The van der Waals surface area contributed by atoms with Gasteiger partial charge >= 0.3 is 0 Å². The third kappa shape index (κ3) is 3.70. The van der Waals surface area contributed by atoms with Crippen LogP contribution in [0.25, 0.3) is 0 Å². The zero-order valence-electron chi connectivity index (χ0n) is 10.7. The molecule has 0 saturated carbocycles. The lowest BCUT2D eigenvalue weighted by Crippen LogP contribution is -2.46. The first kappa shape index (κ1) is 15.5. The molecule has 18 heavy (non-hydrogen) atoms. The predicted molar refractivity (Wildman–Crippen MR) is 78.8 cm³/mol. The molecule has 0 radical (unpaired) electrons. The Kier molecular flexibility index (Phi) is 6.68. The first-order chi connectivity index (χ1) is 8.33. The molecule has 2 heterocycles. The molecule has 1 N–H and O–H groups in total. The Morgan fingerprint density at radius 1 is 1.50 bits per heavy atom. The van der Waals surface area contributed by atoms with Gasteiger partial charge in [0, 0.05) is 18.0 Å². The number of nitrogens with one attached hydrogen (secondary N) is 1. The van der Waals surface area contributed by atoms with Crippen LogP contribution in [0.5, 0.6) is 0 Å². The van der Waals surface area contributed by atoms with Gasteiger partial charge in [-0.1, -0.05) is 6.92 Å². The second-order valence-electron chi connectivity index (χ2n) is 4.49. The third-order valence-corrected chi connectivity index (χ3v) is 3.93. The minimum Gasteiger partial charge on any atom is -0.336 e. The molecular weight excluding hydrogens is 268 g/mol. The zero-order valence-corrected chi connectivity index (χ0v) is 12.4. The van der Waals surface area contributed by atoms with Crippen molar-refractivity contribution in [3.8, 4) is 0 Å². The summed E-state index contributed by atoms with van der Waals surface area (Å²) in [6.45, 7) is 5.07. The normalized spacial score (nSPS) is 16.1. The monoisotopic (exact) mass is 288 g/mol. The molecule has 1 aromatic heterocycles. The van der Waals surface area contributed by atoms with Crippen molar-refractivity contribution in [2.24, 2.45) is 0 Å². The minimum absolute atomic E-state index is 0. The molecule has 0 atom stereocenters. The van der Waals surface area contributed by atoms with Crippen LogP contribution >= 0.6 is 23.7 Å². The highest BCUT2D eigenvalue weighted by Crippen LogP contribution is 2.17. The van der Waals surface area contributed by atoms with Crippen molar-refractivity contribution in [3.63, 3.8) is 0 Å². The summed E-state index contributed by atoms with van der Waals surface area (Å²) in [5, 5.41) is 7.27. The van der Waals surface area contributed by atoms with E-state index in [4.69, 9.17) is 0 Å². The molecule has 0 spiro atoms. The molecule has 1 aliphatic heterocycles. The fourth-order valence-electron chi connectivity index (χ4n) is 2.36. The van der Waals surface area contributed by atoms with E-state index < -0.39 is 0 Å². The van der Waals surface area contributed by atoms with Gasteiger partial charge in [0.05, 0.1) is 5.56 Å². The number of amides is 1. The molecule has 1 aliphatic rings. The average molecular weight is 289 g/mol. The molecule has 1 saturated heterocycles. The van der Waals surface area contributed by atoms with E-state index in [-0.39, 0.29) is 18.3 Å². The molecule has 0 unspecified atom stereocenters. The van der Waals surface area contributed by atoms with Gasteiger partial charge in [0.25, 0.3) is 5.91 Å². The van der Waals surface area contributed by atoms with E-state index in [9.17, 15) is 4.79 Å². The molecule has 3 nitrogen and oxygen atoms in total. The van der Waals surface area contributed by atoms with E-state index in [1.54, 1.807) is 11.3 Å². The number of thiophene rings is 1. The van der Waals surface area contributed by atoms with Crippen molar-refractivity contribution in [2.45, 2.75) is 32.2 Å². The maximum atomic E-state index is 12.4. The van der Waals surface area contributed by atoms with Gasteiger partial charge < -0.3 is 10.2 Å². The van der Waals surface area contributed by atoms with E-state index in [2.05, 4.69) is 17.1 Å². The van der Waals surface area contributed by atoms with Crippen molar-refractivity contribution in [1.82, 2.24) is 10.2 Å². The van der Waals surface area contributed by atoms with Gasteiger partial charge in [-0.3, -0.25) is 4.79 Å². The topological polar surface area (TPSA) is 32.3 Å². The average Bonchev–Trinajstić information content (AvgIpc) is 2.90. The molecule has 102 valence electrons. The zero-order chi connectivity index (χ0) is 12.1. The van der Waals surface area contributed by atoms with E-state index in [0.29, 0.717) is 6.04 Å². The molecular formula is C13H21ClN2OS. The second kappa shape index (κ2) is 7.77. The summed E-state index contributed by atoms with van der Waals surface area (Å²) >= 11 is 1.59. The minimum atomic E-state index is 0. The standard InChI is InChI=1S/C13H20N2OS.ClH/c1-2-8-15(12-3-6-14-7-4-12)13(16)11-5-9-17-10-11;/h5,9-10,12,14H,2-4,6-8H2,1H3;1H. The number of rotatable bonds is 4. The van der Waals surface area contributed by atoms with Crippen molar-refractivity contribution in [2.75, 3.05) is 19.6 Å². The number of carbonyl (C=O) groups is 1. The Morgan fingerprint density at radius 3 is 2.78 bits per heavy atom. The molecule has 0 bridgehead atoms. The quantitative estimate of drug-likeness (QED) is 0.924. The van der Waals surface area contributed by atoms with E-state index in [1.807, 2.05) is 16.8 Å². The number of piperidine rings is 1. The van der Waals surface area contributed by atoms with Gasteiger partial charge in [0.15, 0.2) is 0 Å². The summed E-state index contributed by atoms with van der Waals surface area (Å²) in [4.78, 5) is 14.5. The first-order valence-corrected chi connectivity index (χ1v) is 7.31. The van der Waals surface area contributed by atoms with Gasteiger partial charge in [0.1, 0.15) is 0 Å². The Labute approximate surface area is 119 Å². The predicted octanol–water partition coefficient (Wildman–Crippen LogP) is 2.77. The fraction of sp³-hybridized carbons (Fsp3) is 0.615. The van der Waals surface area contributed by atoms with E-state index >= 15 is 0 Å². The number of hydrogen-bond donors (Lipinski definition) is 1. The van der Waals surface area contributed by atoms with E-state index in [1.165, 1.54) is 0 Å². The maximum absolute atomic E-state index is 12.4. The van der Waals surface area contributed by atoms with Crippen LogP contribution in [0.2, 0.25) is 0 Å². The summed E-state index contributed by atoms with van der Waals surface area (Å²) < 4.78 is 0. The van der Waals surface area contributed by atoms with Gasteiger partial charge in [0.2, 0.25) is 0 Å². The van der Waals surface area contributed by atoms with Gasteiger partial charge in [-0.2, -0.15) is 11.3 Å². The maximum Gasteiger partial charge on any atom is 0.254 e.